The quantitative estimate of drug-likeness (QED) is 0.842. The average Bonchev–Trinajstić information content (AvgIpc) is 2.42. The lowest BCUT2D eigenvalue weighted by molar-refractivity contribution is 0.0895. The Morgan fingerprint density at radius 3 is 2.65 bits per heavy atom. The number of carbonyl (C=O) groups is 1. The molecule has 0 spiro atoms. The number of hydrogen-bond acceptors (Lipinski definition) is 3. The smallest absolute Gasteiger partial charge is 0.270 e. The Hall–Kier alpha value is -1.20. The molecule has 108 valence electrons. The minimum atomic E-state index is -0.583. The van der Waals surface area contributed by atoms with Gasteiger partial charge < -0.3 is 11.1 Å². The lowest BCUT2D eigenvalue weighted by Gasteiger charge is -2.39. The number of nitrogens with one attached hydrogen (secondary N) is 1. The van der Waals surface area contributed by atoms with Gasteiger partial charge in [-0.15, -0.1) is 0 Å². The summed E-state index contributed by atoms with van der Waals surface area (Å²) < 4.78 is 0. The first-order valence-electron chi connectivity index (χ1n) is 6.67. The normalized spacial score (nSPS) is 26.0. The Kier molecular flexibility index (Phi) is 4.60. The third kappa shape index (κ3) is 3.27. The highest BCUT2D eigenvalue weighted by molar-refractivity contribution is 7.80. The Morgan fingerprint density at radius 2 is 2.15 bits per heavy atom. The van der Waals surface area contributed by atoms with Crippen molar-refractivity contribution >= 4 is 34.7 Å². The van der Waals surface area contributed by atoms with Crippen molar-refractivity contribution in [2.24, 2.45) is 11.7 Å². The predicted octanol–water partition coefficient (Wildman–Crippen LogP) is 2.70. The molecule has 1 heterocycles. The van der Waals surface area contributed by atoms with Crippen molar-refractivity contribution in [3.63, 3.8) is 0 Å². The van der Waals surface area contributed by atoms with Crippen molar-refractivity contribution in [2.75, 3.05) is 0 Å². The molecule has 4 nitrogen and oxygen atoms in total. The van der Waals surface area contributed by atoms with Crippen LogP contribution in [0.2, 0.25) is 5.02 Å². The monoisotopic (exact) mass is 311 g/mol. The van der Waals surface area contributed by atoms with Crippen LogP contribution in [0.15, 0.2) is 18.3 Å². The molecule has 1 aromatic rings. The molecular weight excluding hydrogens is 294 g/mol. The zero-order valence-electron chi connectivity index (χ0n) is 11.4. The number of pyridine rings is 1. The van der Waals surface area contributed by atoms with Crippen molar-refractivity contribution in [2.45, 2.75) is 38.1 Å². The van der Waals surface area contributed by atoms with E-state index in [2.05, 4.69) is 17.2 Å². The summed E-state index contributed by atoms with van der Waals surface area (Å²) in [6.07, 6.45) is 5.02. The summed E-state index contributed by atoms with van der Waals surface area (Å²) >= 11 is 10.9. The van der Waals surface area contributed by atoms with Gasteiger partial charge in [-0.2, -0.15) is 0 Å². The van der Waals surface area contributed by atoms with E-state index in [1.807, 2.05) is 0 Å². The Bertz CT molecular complexity index is 510. The Labute approximate surface area is 129 Å². The summed E-state index contributed by atoms with van der Waals surface area (Å²) in [4.78, 5) is 16.7. The number of carbonyl (C=O) groups excluding carboxylic acids is 1. The van der Waals surface area contributed by atoms with E-state index in [4.69, 9.17) is 29.6 Å². The third-order valence-electron chi connectivity index (χ3n) is 3.91. The van der Waals surface area contributed by atoms with E-state index < -0.39 is 5.54 Å². The molecule has 1 amide bonds. The molecule has 1 aliphatic rings. The molecule has 3 N–H and O–H groups in total. The second-order valence-corrected chi connectivity index (χ2v) is 6.32. The SMILES string of the molecule is CC1CCC(NC(=O)c2ccc(Cl)cn2)(C(N)=S)CC1. The summed E-state index contributed by atoms with van der Waals surface area (Å²) in [6, 6.07) is 3.23. The lowest BCUT2D eigenvalue weighted by Crippen LogP contribution is -2.58. The van der Waals surface area contributed by atoms with Crippen molar-refractivity contribution in [3.05, 3.63) is 29.0 Å². The first kappa shape index (κ1) is 15.2. The molecule has 1 fully saturated rings. The van der Waals surface area contributed by atoms with E-state index in [1.165, 1.54) is 6.20 Å². The van der Waals surface area contributed by atoms with Gasteiger partial charge in [-0.25, -0.2) is 4.98 Å². The number of nitrogens with zero attached hydrogens (tertiary/aromatic N) is 1. The third-order valence-corrected chi connectivity index (χ3v) is 4.53. The van der Waals surface area contributed by atoms with E-state index in [-0.39, 0.29) is 5.91 Å². The highest BCUT2D eigenvalue weighted by atomic mass is 35.5. The van der Waals surface area contributed by atoms with Gasteiger partial charge in [-0.05, 0) is 43.7 Å². The van der Waals surface area contributed by atoms with Gasteiger partial charge in [-0.3, -0.25) is 4.79 Å². The maximum absolute atomic E-state index is 12.3. The molecular formula is C14H18ClN3OS. The van der Waals surface area contributed by atoms with Crippen LogP contribution in [0.3, 0.4) is 0 Å². The number of nitrogens with two attached hydrogens (primary N) is 1. The van der Waals surface area contributed by atoms with Crippen molar-refractivity contribution < 1.29 is 4.79 Å². The highest BCUT2D eigenvalue weighted by Crippen LogP contribution is 2.32. The molecule has 0 saturated heterocycles. The van der Waals surface area contributed by atoms with Crippen LogP contribution in [0.5, 0.6) is 0 Å². The molecule has 20 heavy (non-hydrogen) atoms. The van der Waals surface area contributed by atoms with Crippen LogP contribution in [-0.2, 0) is 0 Å². The van der Waals surface area contributed by atoms with Crippen LogP contribution in [-0.4, -0.2) is 21.4 Å². The van der Waals surface area contributed by atoms with Crippen LogP contribution in [0.25, 0.3) is 0 Å². The van der Waals surface area contributed by atoms with Crippen LogP contribution in [0, 0.1) is 5.92 Å². The van der Waals surface area contributed by atoms with Gasteiger partial charge in [0.25, 0.3) is 5.91 Å². The molecule has 1 aromatic heterocycles. The first-order chi connectivity index (χ1) is 9.43. The largest absolute Gasteiger partial charge is 0.391 e. The Balaban J connectivity index is 2.14. The highest BCUT2D eigenvalue weighted by Gasteiger charge is 2.38. The van der Waals surface area contributed by atoms with Crippen molar-refractivity contribution in [1.82, 2.24) is 10.3 Å². The van der Waals surface area contributed by atoms with E-state index in [0.717, 1.165) is 25.7 Å². The average molecular weight is 312 g/mol. The van der Waals surface area contributed by atoms with Gasteiger partial charge in [-0.1, -0.05) is 30.7 Å². The number of rotatable bonds is 3. The molecule has 6 heteroatoms. The number of amides is 1. The molecule has 0 aliphatic heterocycles. The summed E-state index contributed by atoms with van der Waals surface area (Å²) in [5.41, 5.74) is 5.61. The van der Waals surface area contributed by atoms with E-state index in [9.17, 15) is 4.79 Å². The summed E-state index contributed by atoms with van der Waals surface area (Å²) in [6.45, 7) is 2.20. The minimum Gasteiger partial charge on any atom is -0.391 e. The summed E-state index contributed by atoms with van der Waals surface area (Å²) in [7, 11) is 0. The van der Waals surface area contributed by atoms with E-state index in [0.29, 0.717) is 21.6 Å². The predicted molar refractivity (Wildman–Crippen MR) is 83.9 cm³/mol. The van der Waals surface area contributed by atoms with E-state index in [1.54, 1.807) is 12.1 Å². The van der Waals surface area contributed by atoms with Gasteiger partial charge in [0, 0.05) is 6.20 Å². The standard InChI is InChI=1S/C14H18ClN3OS/c1-9-4-6-14(7-5-9,13(16)20)18-12(19)11-3-2-10(15)8-17-11/h2-3,8-9H,4-7H2,1H3,(H2,16,20)(H,18,19). The van der Waals surface area contributed by atoms with Crippen molar-refractivity contribution in [3.8, 4) is 0 Å². The fraction of sp³-hybridized carbons (Fsp3) is 0.500. The fourth-order valence-corrected chi connectivity index (χ4v) is 2.85. The maximum atomic E-state index is 12.3. The summed E-state index contributed by atoms with van der Waals surface area (Å²) in [5.74, 6) is 0.382. The van der Waals surface area contributed by atoms with Gasteiger partial charge in [0.05, 0.1) is 15.6 Å². The van der Waals surface area contributed by atoms with Crippen LogP contribution in [0.4, 0.5) is 0 Å². The maximum Gasteiger partial charge on any atom is 0.270 e. The lowest BCUT2D eigenvalue weighted by atomic mass is 9.77. The van der Waals surface area contributed by atoms with Gasteiger partial charge in [0.2, 0.25) is 0 Å². The minimum absolute atomic E-state index is 0.260. The Morgan fingerprint density at radius 1 is 1.50 bits per heavy atom. The topological polar surface area (TPSA) is 68.0 Å². The molecule has 0 unspecified atom stereocenters. The zero-order chi connectivity index (χ0) is 14.8. The van der Waals surface area contributed by atoms with Gasteiger partial charge in [0.1, 0.15) is 5.69 Å². The molecule has 0 bridgehead atoms. The first-order valence-corrected chi connectivity index (χ1v) is 7.45. The fourth-order valence-electron chi connectivity index (χ4n) is 2.48. The molecule has 0 radical (unpaired) electrons. The molecule has 0 aromatic carbocycles. The number of aromatic nitrogens is 1. The molecule has 1 saturated carbocycles. The van der Waals surface area contributed by atoms with Crippen LogP contribution < -0.4 is 11.1 Å². The second kappa shape index (κ2) is 6.06. The van der Waals surface area contributed by atoms with Gasteiger partial charge in [0.15, 0.2) is 0 Å². The second-order valence-electron chi connectivity index (χ2n) is 5.44. The number of thiocarbonyl (C=S) groups is 1. The molecule has 1 aliphatic carbocycles. The van der Waals surface area contributed by atoms with E-state index >= 15 is 0 Å². The molecule has 2 rings (SSSR count). The van der Waals surface area contributed by atoms with Gasteiger partial charge >= 0.3 is 0 Å². The van der Waals surface area contributed by atoms with Crippen LogP contribution >= 0.6 is 23.8 Å². The molecule has 0 atom stereocenters. The summed E-state index contributed by atoms with van der Waals surface area (Å²) in [5, 5.41) is 3.47. The van der Waals surface area contributed by atoms with Crippen LogP contribution in [0.1, 0.15) is 43.1 Å². The number of halogens is 1. The van der Waals surface area contributed by atoms with Crippen molar-refractivity contribution in [1.29, 1.82) is 0 Å². The zero-order valence-corrected chi connectivity index (χ0v) is 12.9. The number of hydrogen-bond donors (Lipinski definition) is 2.